The Kier molecular flexibility index (Phi) is 2.94. The van der Waals surface area contributed by atoms with E-state index in [-0.39, 0.29) is 19.3 Å². The lowest BCUT2D eigenvalue weighted by Gasteiger charge is -2.11. The molecule has 7 heteroatoms. The van der Waals surface area contributed by atoms with Gasteiger partial charge in [-0.25, -0.2) is 5.48 Å². The van der Waals surface area contributed by atoms with Crippen LogP contribution in [0.15, 0.2) is 0 Å². The zero-order valence-corrected chi connectivity index (χ0v) is 7.77. The number of nitrogens with one attached hydrogen (secondary N) is 1. The Morgan fingerprint density at radius 2 is 1.87 bits per heavy atom. The quantitative estimate of drug-likeness (QED) is 0.361. The molecule has 15 heavy (non-hydrogen) atoms. The standard InChI is InChI=1S/C8H11NO6/c10-5(9-15)2-8(3-6(11)12)1-4(8)7(13)14/h4,15H,1-3H2,(H,9,10)(H,11,12)(H,13,14). The SMILES string of the molecule is O=C(O)CC1(CC(=O)NO)CC1C(=O)O. The molecule has 1 amide bonds. The van der Waals surface area contributed by atoms with Gasteiger partial charge in [0.1, 0.15) is 0 Å². The summed E-state index contributed by atoms with van der Waals surface area (Å²) in [6.07, 6.45) is -0.508. The van der Waals surface area contributed by atoms with E-state index in [0.717, 1.165) is 0 Å². The van der Waals surface area contributed by atoms with Gasteiger partial charge < -0.3 is 10.2 Å². The minimum Gasteiger partial charge on any atom is -0.481 e. The van der Waals surface area contributed by atoms with Crippen molar-refractivity contribution in [2.75, 3.05) is 0 Å². The Balaban J connectivity index is 2.69. The highest BCUT2D eigenvalue weighted by molar-refractivity contribution is 5.83. The summed E-state index contributed by atoms with van der Waals surface area (Å²) in [5.41, 5.74) is 0.332. The van der Waals surface area contributed by atoms with Gasteiger partial charge in [-0.1, -0.05) is 0 Å². The van der Waals surface area contributed by atoms with Crippen molar-refractivity contribution in [3.8, 4) is 0 Å². The topological polar surface area (TPSA) is 124 Å². The molecule has 0 aromatic rings. The Morgan fingerprint density at radius 1 is 1.27 bits per heavy atom. The zero-order valence-electron chi connectivity index (χ0n) is 7.77. The zero-order chi connectivity index (χ0) is 11.6. The molecule has 0 bridgehead atoms. The molecule has 0 aliphatic heterocycles. The molecule has 1 fully saturated rings. The summed E-state index contributed by atoms with van der Waals surface area (Å²) >= 11 is 0. The molecular weight excluding hydrogens is 206 g/mol. The molecule has 1 aliphatic rings. The third-order valence-corrected chi connectivity index (χ3v) is 2.63. The van der Waals surface area contributed by atoms with Crippen LogP contribution in [-0.2, 0) is 14.4 Å². The van der Waals surface area contributed by atoms with E-state index in [1.165, 1.54) is 5.48 Å². The van der Waals surface area contributed by atoms with Gasteiger partial charge in [0.15, 0.2) is 0 Å². The van der Waals surface area contributed by atoms with Crippen LogP contribution in [-0.4, -0.2) is 33.3 Å². The number of amides is 1. The van der Waals surface area contributed by atoms with Crippen LogP contribution in [0.4, 0.5) is 0 Å². The van der Waals surface area contributed by atoms with Crippen LogP contribution in [0.1, 0.15) is 19.3 Å². The molecule has 2 atom stereocenters. The second-order valence-electron chi connectivity index (χ2n) is 3.74. The van der Waals surface area contributed by atoms with Crippen molar-refractivity contribution in [1.29, 1.82) is 0 Å². The number of carboxylic acids is 2. The number of carbonyl (C=O) groups excluding carboxylic acids is 1. The van der Waals surface area contributed by atoms with E-state index in [2.05, 4.69) is 0 Å². The molecular formula is C8H11NO6. The molecule has 2 unspecified atom stereocenters. The fourth-order valence-corrected chi connectivity index (χ4v) is 1.81. The Labute approximate surface area is 84.7 Å². The van der Waals surface area contributed by atoms with Crippen molar-refractivity contribution in [1.82, 2.24) is 5.48 Å². The predicted octanol–water partition coefficient (Wildman–Crippen LogP) is -0.552. The molecule has 84 valence electrons. The molecule has 1 aliphatic carbocycles. The van der Waals surface area contributed by atoms with Crippen LogP contribution in [0.3, 0.4) is 0 Å². The summed E-state index contributed by atoms with van der Waals surface area (Å²) < 4.78 is 0. The lowest BCUT2D eigenvalue weighted by molar-refractivity contribution is -0.141. The van der Waals surface area contributed by atoms with Gasteiger partial charge in [0.05, 0.1) is 12.3 Å². The highest BCUT2D eigenvalue weighted by atomic mass is 16.5. The smallest absolute Gasteiger partial charge is 0.307 e. The van der Waals surface area contributed by atoms with E-state index in [9.17, 15) is 14.4 Å². The molecule has 0 heterocycles. The maximum atomic E-state index is 10.9. The Hall–Kier alpha value is -1.63. The molecule has 0 saturated heterocycles. The van der Waals surface area contributed by atoms with Gasteiger partial charge in [-0.3, -0.25) is 19.6 Å². The predicted molar refractivity (Wildman–Crippen MR) is 45.0 cm³/mol. The molecule has 0 radical (unpaired) electrons. The van der Waals surface area contributed by atoms with Crippen molar-refractivity contribution >= 4 is 17.8 Å². The normalized spacial score (nSPS) is 28.2. The third kappa shape index (κ3) is 2.44. The van der Waals surface area contributed by atoms with Gasteiger partial charge in [-0.05, 0) is 6.42 Å². The van der Waals surface area contributed by atoms with E-state index in [1.807, 2.05) is 0 Å². The monoisotopic (exact) mass is 217 g/mol. The Morgan fingerprint density at radius 3 is 2.20 bits per heavy atom. The number of carbonyl (C=O) groups is 3. The van der Waals surface area contributed by atoms with Crippen molar-refractivity contribution in [2.45, 2.75) is 19.3 Å². The molecule has 0 aromatic heterocycles. The van der Waals surface area contributed by atoms with Crippen LogP contribution < -0.4 is 5.48 Å². The maximum Gasteiger partial charge on any atom is 0.307 e. The first kappa shape index (κ1) is 11.4. The number of hydroxylamine groups is 1. The van der Waals surface area contributed by atoms with Crippen molar-refractivity contribution < 1.29 is 29.8 Å². The van der Waals surface area contributed by atoms with Crippen LogP contribution in [0.5, 0.6) is 0 Å². The lowest BCUT2D eigenvalue weighted by atomic mass is 9.94. The van der Waals surface area contributed by atoms with Crippen LogP contribution in [0.2, 0.25) is 0 Å². The van der Waals surface area contributed by atoms with Gasteiger partial charge in [-0.2, -0.15) is 0 Å². The van der Waals surface area contributed by atoms with Gasteiger partial charge in [-0.15, -0.1) is 0 Å². The number of aliphatic carboxylic acids is 2. The highest BCUT2D eigenvalue weighted by Crippen LogP contribution is 2.57. The minimum absolute atomic E-state index is 0.155. The first-order valence-electron chi connectivity index (χ1n) is 4.29. The molecule has 0 aromatic carbocycles. The molecule has 7 nitrogen and oxygen atoms in total. The summed E-state index contributed by atoms with van der Waals surface area (Å²) in [7, 11) is 0. The van der Waals surface area contributed by atoms with Gasteiger partial charge in [0, 0.05) is 11.8 Å². The summed E-state index contributed by atoms with van der Waals surface area (Å²) in [6, 6.07) is 0. The molecule has 4 N–H and O–H groups in total. The average Bonchev–Trinajstić information content (AvgIpc) is 2.78. The minimum atomic E-state index is -1.15. The van der Waals surface area contributed by atoms with E-state index in [4.69, 9.17) is 15.4 Å². The third-order valence-electron chi connectivity index (χ3n) is 2.63. The summed E-state index contributed by atoms with van der Waals surface area (Å²) in [5.74, 6) is -3.84. The second-order valence-corrected chi connectivity index (χ2v) is 3.74. The number of rotatable bonds is 5. The number of hydrogen-bond donors (Lipinski definition) is 4. The largest absolute Gasteiger partial charge is 0.481 e. The van der Waals surface area contributed by atoms with Crippen LogP contribution in [0.25, 0.3) is 0 Å². The van der Waals surface area contributed by atoms with E-state index in [0.29, 0.717) is 0 Å². The highest BCUT2D eigenvalue weighted by Gasteiger charge is 2.60. The van der Waals surface area contributed by atoms with Gasteiger partial charge in [0.25, 0.3) is 0 Å². The fourth-order valence-electron chi connectivity index (χ4n) is 1.81. The Bertz CT molecular complexity index is 314. The summed E-state index contributed by atoms with van der Waals surface area (Å²) in [5, 5.41) is 25.6. The summed E-state index contributed by atoms with van der Waals surface area (Å²) in [4.78, 5) is 32.0. The number of hydrogen-bond acceptors (Lipinski definition) is 4. The molecule has 1 saturated carbocycles. The second kappa shape index (κ2) is 3.85. The van der Waals surface area contributed by atoms with E-state index < -0.39 is 29.2 Å². The summed E-state index contributed by atoms with van der Waals surface area (Å²) in [6.45, 7) is 0. The first-order valence-corrected chi connectivity index (χ1v) is 4.29. The van der Waals surface area contributed by atoms with Crippen molar-refractivity contribution in [3.05, 3.63) is 0 Å². The van der Waals surface area contributed by atoms with Crippen LogP contribution >= 0.6 is 0 Å². The van der Waals surface area contributed by atoms with Crippen LogP contribution in [0, 0.1) is 11.3 Å². The van der Waals surface area contributed by atoms with E-state index in [1.54, 1.807) is 0 Å². The van der Waals surface area contributed by atoms with Crippen molar-refractivity contribution in [3.63, 3.8) is 0 Å². The van der Waals surface area contributed by atoms with Gasteiger partial charge in [0.2, 0.25) is 5.91 Å². The fraction of sp³-hybridized carbons (Fsp3) is 0.625. The first-order chi connectivity index (χ1) is 6.91. The number of carboxylic acid groups (broad SMARTS) is 2. The molecule has 0 spiro atoms. The average molecular weight is 217 g/mol. The lowest BCUT2D eigenvalue weighted by Crippen LogP contribution is -2.26. The maximum absolute atomic E-state index is 10.9. The van der Waals surface area contributed by atoms with Crippen molar-refractivity contribution in [2.24, 2.45) is 11.3 Å². The molecule has 1 rings (SSSR count). The van der Waals surface area contributed by atoms with Gasteiger partial charge >= 0.3 is 11.9 Å². The van der Waals surface area contributed by atoms with E-state index >= 15 is 0 Å².